The Morgan fingerprint density at radius 3 is 2.59 bits per heavy atom. The topological polar surface area (TPSA) is 120 Å². The number of rotatable bonds is 8. The highest BCUT2D eigenvalue weighted by Crippen LogP contribution is 2.40. The Kier molecular flexibility index (Phi) is 8.64. The molecule has 5 rings (SSSR count). The van der Waals surface area contributed by atoms with Crippen LogP contribution in [0.25, 0.3) is 28.1 Å². The Morgan fingerprint density at radius 1 is 1.07 bits per heavy atom. The van der Waals surface area contributed by atoms with Crippen LogP contribution in [0.2, 0.25) is 0 Å². The van der Waals surface area contributed by atoms with Crippen molar-refractivity contribution in [1.82, 2.24) is 29.8 Å². The highest BCUT2D eigenvalue weighted by Gasteiger charge is 2.47. The number of para-hydroxylation sites is 1. The lowest BCUT2D eigenvalue weighted by Crippen LogP contribution is -2.42. The number of fused-ring (bicyclic) bond motifs is 2. The predicted octanol–water partition coefficient (Wildman–Crippen LogP) is 5.09. The molecule has 1 amide bonds. The van der Waals surface area contributed by atoms with Gasteiger partial charge in [0.1, 0.15) is 41.8 Å². The molecule has 0 saturated carbocycles. The van der Waals surface area contributed by atoms with Gasteiger partial charge in [-0.1, -0.05) is 24.3 Å². The maximum Gasteiger partial charge on any atom is 0.408 e. The zero-order valence-corrected chi connectivity index (χ0v) is 24.7. The van der Waals surface area contributed by atoms with Crippen LogP contribution in [0.4, 0.5) is 18.0 Å². The van der Waals surface area contributed by atoms with E-state index in [0.717, 1.165) is 5.39 Å². The highest BCUT2D eigenvalue weighted by atomic mass is 19.4. The largest absolute Gasteiger partial charge is 0.488 e. The van der Waals surface area contributed by atoms with Gasteiger partial charge in [0, 0.05) is 37.6 Å². The minimum absolute atomic E-state index is 0.000694. The van der Waals surface area contributed by atoms with E-state index in [2.05, 4.69) is 15.5 Å². The second-order valence-electron chi connectivity index (χ2n) is 11.5. The van der Waals surface area contributed by atoms with Gasteiger partial charge >= 0.3 is 18.2 Å². The molecule has 4 heterocycles. The Hall–Kier alpha value is -4.46. The highest BCUT2D eigenvalue weighted by molar-refractivity contribution is 5.86. The first-order valence-electron chi connectivity index (χ1n) is 14.1. The molecule has 4 aromatic rings. The first-order chi connectivity index (χ1) is 20.8. The molecule has 1 N–H and O–H groups in total. The SMILES string of the molecule is CC(=O)OCCOc1cccc2ccc(-c3nnc4ccc([C@@H](N5CC[C@H](NC(=O)OC(C)(C)C)C5)C(F)(F)F)cn34)nc12. The van der Waals surface area contributed by atoms with Crippen LogP contribution in [0.15, 0.2) is 48.7 Å². The first kappa shape index (κ1) is 31.0. The zero-order valence-electron chi connectivity index (χ0n) is 24.7. The number of amides is 1. The number of benzene rings is 1. The fourth-order valence-corrected chi connectivity index (χ4v) is 5.16. The summed E-state index contributed by atoms with van der Waals surface area (Å²) in [7, 11) is 0. The number of esters is 1. The number of nitrogens with zero attached hydrogens (tertiary/aromatic N) is 5. The van der Waals surface area contributed by atoms with Crippen molar-refractivity contribution >= 4 is 28.6 Å². The number of nitrogens with one attached hydrogen (secondary N) is 1. The average Bonchev–Trinajstić information content (AvgIpc) is 3.56. The summed E-state index contributed by atoms with van der Waals surface area (Å²) in [6.07, 6.45) is -3.53. The number of alkyl carbamates (subject to hydrolysis) is 1. The molecule has 1 aliphatic heterocycles. The number of pyridine rings is 2. The minimum Gasteiger partial charge on any atom is -0.488 e. The number of hydrogen-bond donors (Lipinski definition) is 1. The van der Waals surface area contributed by atoms with Gasteiger partial charge in [0.15, 0.2) is 11.5 Å². The number of carbonyl (C=O) groups excluding carboxylic acids is 2. The van der Waals surface area contributed by atoms with Gasteiger partial charge < -0.3 is 19.5 Å². The van der Waals surface area contributed by atoms with E-state index in [9.17, 15) is 22.8 Å². The molecule has 11 nitrogen and oxygen atoms in total. The van der Waals surface area contributed by atoms with E-state index in [0.29, 0.717) is 29.0 Å². The quantitative estimate of drug-likeness (QED) is 0.214. The van der Waals surface area contributed by atoms with Crippen molar-refractivity contribution in [2.45, 2.75) is 58.0 Å². The van der Waals surface area contributed by atoms with Crippen molar-refractivity contribution in [2.75, 3.05) is 26.3 Å². The molecule has 0 unspecified atom stereocenters. The summed E-state index contributed by atoms with van der Waals surface area (Å²) in [6.45, 7) is 6.78. The van der Waals surface area contributed by atoms with Crippen LogP contribution in [0.1, 0.15) is 45.7 Å². The van der Waals surface area contributed by atoms with Gasteiger partial charge in [-0.15, -0.1) is 10.2 Å². The number of ether oxygens (including phenoxy) is 3. The van der Waals surface area contributed by atoms with Gasteiger partial charge in [0.25, 0.3) is 0 Å². The molecule has 0 bridgehead atoms. The molecular weight excluding hydrogens is 581 g/mol. The Bertz CT molecular complexity index is 1670. The van der Waals surface area contributed by atoms with E-state index < -0.39 is 35.9 Å². The smallest absolute Gasteiger partial charge is 0.408 e. The Morgan fingerprint density at radius 2 is 1.86 bits per heavy atom. The summed E-state index contributed by atoms with van der Waals surface area (Å²) in [5.41, 5.74) is 0.518. The molecule has 0 radical (unpaired) electrons. The Balaban J connectivity index is 1.42. The molecule has 0 aliphatic carbocycles. The van der Waals surface area contributed by atoms with Crippen LogP contribution >= 0.6 is 0 Å². The fraction of sp³-hybridized carbons (Fsp3) is 0.433. The maximum atomic E-state index is 14.6. The molecule has 44 heavy (non-hydrogen) atoms. The number of carbonyl (C=O) groups is 2. The first-order valence-corrected chi connectivity index (χ1v) is 14.1. The van der Waals surface area contributed by atoms with E-state index in [-0.39, 0.29) is 37.7 Å². The van der Waals surface area contributed by atoms with Crippen molar-refractivity contribution in [1.29, 1.82) is 0 Å². The Labute approximate surface area is 251 Å². The van der Waals surface area contributed by atoms with Gasteiger partial charge in [-0.2, -0.15) is 13.2 Å². The number of hydrogen-bond acceptors (Lipinski definition) is 9. The number of aromatic nitrogens is 4. The summed E-state index contributed by atoms with van der Waals surface area (Å²) in [5, 5.41) is 11.8. The molecule has 1 aliphatic rings. The van der Waals surface area contributed by atoms with Gasteiger partial charge in [-0.05, 0) is 51.0 Å². The molecule has 0 spiro atoms. The second-order valence-corrected chi connectivity index (χ2v) is 11.5. The van der Waals surface area contributed by atoms with Gasteiger partial charge in [-0.3, -0.25) is 14.1 Å². The molecule has 14 heteroatoms. The predicted molar refractivity (Wildman–Crippen MR) is 154 cm³/mol. The molecule has 1 fully saturated rings. The van der Waals surface area contributed by atoms with E-state index in [4.69, 9.17) is 19.2 Å². The molecule has 2 atom stereocenters. The van der Waals surface area contributed by atoms with Crippen molar-refractivity contribution < 1.29 is 37.0 Å². The van der Waals surface area contributed by atoms with Crippen molar-refractivity contribution in [2.24, 2.45) is 0 Å². The van der Waals surface area contributed by atoms with Crippen LogP contribution in [-0.2, 0) is 14.3 Å². The monoisotopic (exact) mass is 614 g/mol. The minimum atomic E-state index is -4.60. The summed E-state index contributed by atoms with van der Waals surface area (Å²) < 4.78 is 61.1. The molecule has 3 aromatic heterocycles. The van der Waals surface area contributed by atoms with Crippen LogP contribution < -0.4 is 10.1 Å². The third-order valence-corrected chi connectivity index (χ3v) is 6.92. The van der Waals surface area contributed by atoms with Crippen LogP contribution in [0.5, 0.6) is 5.75 Å². The second kappa shape index (κ2) is 12.3. The van der Waals surface area contributed by atoms with Crippen molar-refractivity contribution in [3.05, 3.63) is 54.2 Å². The molecular formula is C30H33F3N6O5. The lowest BCUT2D eigenvalue weighted by Gasteiger charge is -2.30. The average molecular weight is 615 g/mol. The van der Waals surface area contributed by atoms with Crippen molar-refractivity contribution in [3.63, 3.8) is 0 Å². The van der Waals surface area contributed by atoms with Crippen LogP contribution in [0, 0.1) is 0 Å². The van der Waals surface area contributed by atoms with E-state index in [1.165, 1.54) is 34.6 Å². The molecule has 1 aromatic carbocycles. The number of halogens is 3. The summed E-state index contributed by atoms with van der Waals surface area (Å²) in [5.74, 6) is 0.289. The number of alkyl halides is 3. The molecule has 234 valence electrons. The van der Waals surface area contributed by atoms with E-state index >= 15 is 0 Å². The summed E-state index contributed by atoms with van der Waals surface area (Å²) >= 11 is 0. The third kappa shape index (κ3) is 7.18. The zero-order chi connectivity index (χ0) is 31.6. The lowest BCUT2D eigenvalue weighted by atomic mass is 10.1. The van der Waals surface area contributed by atoms with E-state index in [1.807, 2.05) is 12.1 Å². The normalized spacial score (nSPS) is 16.7. The summed E-state index contributed by atoms with van der Waals surface area (Å²) in [6, 6.07) is 9.36. The fourth-order valence-electron chi connectivity index (χ4n) is 5.16. The maximum absolute atomic E-state index is 14.6. The van der Waals surface area contributed by atoms with Gasteiger partial charge in [-0.25, -0.2) is 9.78 Å². The third-order valence-electron chi connectivity index (χ3n) is 6.92. The van der Waals surface area contributed by atoms with Crippen molar-refractivity contribution in [3.8, 4) is 17.3 Å². The van der Waals surface area contributed by atoms with Crippen LogP contribution in [0.3, 0.4) is 0 Å². The van der Waals surface area contributed by atoms with Crippen LogP contribution in [-0.4, -0.2) is 80.7 Å². The standard InChI is InChI=1S/C30H33F3N6O5/c1-18(40)42-14-15-43-23-7-5-6-19-8-10-22(35-25(19)23)27-37-36-24-11-9-20(16-39(24)27)26(30(31,32)33)38-13-12-21(17-38)34-28(41)44-29(2,3)4/h5-11,16,21,26H,12-15,17H2,1-4H3,(H,34,41)/t21-,26+/m0/s1. The lowest BCUT2D eigenvalue weighted by molar-refractivity contribution is -0.184. The summed E-state index contributed by atoms with van der Waals surface area (Å²) in [4.78, 5) is 29.3. The van der Waals surface area contributed by atoms with E-state index in [1.54, 1.807) is 39.0 Å². The van der Waals surface area contributed by atoms with Gasteiger partial charge in [0.2, 0.25) is 0 Å². The van der Waals surface area contributed by atoms with Gasteiger partial charge in [0.05, 0.1) is 0 Å². The number of likely N-dealkylation sites (tertiary alicyclic amines) is 1. The molecule has 1 saturated heterocycles.